The first-order valence-electron chi connectivity index (χ1n) is 7.74. The van der Waals surface area contributed by atoms with E-state index in [1.807, 2.05) is 0 Å². The number of ketones is 1. The number of aliphatic hydroxyl groups is 2. The highest BCUT2D eigenvalue weighted by molar-refractivity contribution is 5.96. The number of rotatable bonds is 8. The van der Waals surface area contributed by atoms with Crippen molar-refractivity contribution >= 4 is 11.7 Å². The molecule has 8 heteroatoms. The molecule has 0 saturated carbocycles. The number of aliphatic hydroxyl groups excluding tert-OH is 2. The van der Waals surface area contributed by atoms with Crippen LogP contribution in [0.1, 0.15) is 45.0 Å². The molecule has 5 nitrogen and oxygen atoms in total. The zero-order valence-corrected chi connectivity index (χ0v) is 14.3. The van der Waals surface area contributed by atoms with Crippen LogP contribution in [0.25, 0.3) is 0 Å². The van der Waals surface area contributed by atoms with Crippen LogP contribution >= 0.6 is 0 Å². The molecule has 0 saturated heterocycles. The van der Waals surface area contributed by atoms with Gasteiger partial charge in [0.2, 0.25) is 5.91 Å². The Balaban J connectivity index is 0.00000625. The maximum Gasteiger partial charge on any atom is 0.249 e. The van der Waals surface area contributed by atoms with E-state index in [0.29, 0.717) is 12.1 Å². The first-order valence-corrected chi connectivity index (χ1v) is 7.74. The maximum absolute atomic E-state index is 13.6. The molecule has 1 aromatic carbocycles. The van der Waals surface area contributed by atoms with Gasteiger partial charge in [-0.15, -0.1) is 0 Å². The molecular weight excluding hydrogens is 351 g/mol. The molecule has 0 aliphatic heterocycles. The maximum atomic E-state index is 13.6. The number of amides is 1. The van der Waals surface area contributed by atoms with Crippen LogP contribution in [0.3, 0.4) is 0 Å². The fourth-order valence-corrected chi connectivity index (χ4v) is 2.05. The van der Waals surface area contributed by atoms with Crippen LogP contribution < -0.4 is 5.32 Å². The standard InChI is InChI=1S/C17H22F3NO4.CH4/c1-9(7-21-16(25)15(24)17(2,3)8-22)4-14(23)10-5-12(19)13(20)6-11(10)18;/h5-6,9,15,22,24H,4,7-8H2,1-3H3,(H,21,25);1H4/t9-,15-;/m0./s1. The molecule has 0 fully saturated rings. The molecule has 0 spiro atoms. The predicted octanol–water partition coefficient (Wildman–Crippen LogP) is 2.44. The molecule has 0 unspecified atom stereocenters. The Labute approximate surface area is 151 Å². The molecule has 0 bridgehead atoms. The second-order valence-corrected chi connectivity index (χ2v) is 6.77. The molecule has 0 aliphatic carbocycles. The molecule has 1 amide bonds. The van der Waals surface area contributed by atoms with Crippen molar-refractivity contribution in [1.82, 2.24) is 5.32 Å². The third-order valence-electron chi connectivity index (χ3n) is 3.87. The summed E-state index contributed by atoms with van der Waals surface area (Å²) in [6, 6.07) is 0.814. The van der Waals surface area contributed by atoms with Crippen molar-refractivity contribution in [1.29, 1.82) is 0 Å². The summed E-state index contributed by atoms with van der Waals surface area (Å²) in [6.45, 7) is 4.23. The lowest BCUT2D eigenvalue weighted by Crippen LogP contribution is -2.46. The summed E-state index contributed by atoms with van der Waals surface area (Å²) in [5.41, 5.74) is -1.59. The molecule has 0 aromatic heterocycles. The van der Waals surface area contributed by atoms with Crippen LogP contribution in [0.5, 0.6) is 0 Å². The highest BCUT2D eigenvalue weighted by Crippen LogP contribution is 2.20. The second kappa shape index (κ2) is 9.68. The minimum atomic E-state index is -1.44. The Morgan fingerprint density at radius 1 is 1.15 bits per heavy atom. The van der Waals surface area contributed by atoms with Gasteiger partial charge in [-0.2, -0.15) is 0 Å². The van der Waals surface area contributed by atoms with Gasteiger partial charge in [-0.3, -0.25) is 9.59 Å². The number of nitrogens with one attached hydrogen (secondary N) is 1. The quantitative estimate of drug-likeness (QED) is 0.480. The van der Waals surface area contributed by atoms with Crippen LogP contribution in [0.15, 0.2) is 12.1 Å². The van der Waals surface area contributed by atoms with Gasteiger partial charge in [-0.05, 0) is 12.0 Å². The van der Waals surface area contributed by atoms with Gasteiger partial charge in [0, 0.05) is 24.4 Å². The minimum absolute atomic E-state index is 0. The van der Waals surface area contributed by atoms with Crippen molar-refractivity contribution in [3.63, 3.8) is 0 Å². The Morgan fingerprint density at radius 3 is 2.23 bits per heavy atom. The van der Waals surface area contributed by atoms with Crippen molar-refractivity contribution < 1.29 is 33.0 Å². The van der Waals surface area contributed by atoms with Gasteiger partial charge in [-0.1, -0.05) is 28.2 Å². The molecule has 2 atom stereocenters. The van der Waals surface area contributed by atoms with Crippen molar-refractivity contribution in [3.05, 3.63) is 35.1 Å². The van der Waals surface area contributed by atoms with Crippen molar-refractivity contribution in [2.45, 2.75) is 40.7 Å². The minimum Gasteiger partial charge on any atom is -0.396 e. The van der Waals surface area contributed by atoms with Gasteiger partial charge >= 0.3 is 0 Å². The van der Waals surface area contributed by atoms with Crippen LogP contribution in [0, 0.1) is 28.8 Å². The Morgan fingerprint density at radius 2 is 1.69 bits per heavy atom. The Bertz CT molecular complexity index is 650. The third-order valence-corrected chi connectivity index (χ3v) is 3.87. The first-order chi connectivity index (χ1) is 11.5. The van der Waals surface area contributed by atoms with E-state index < -0.39 is 58.7 Å². The van der Waals surface area contributed by atoms with Gasteiger partial charge in [0.05, 0.1) is 12.2 Å². The number of carbonyl (C=O) groups excluding carboxylic acids is 2. The van der Waals surface area contributed by atoms with Crippen molar-refractivity contribution in [2.75, 3.05) is 13.2 Å². The zero-order chi connectivity index (χ0) is 19.4. The lowest BCUT2D eigenvalue weighted by atomic mass is 9.87. The number of carbonyl (C=O) groups is 2. The van der Waals surface area contributed by atoms with Crippen LogP contribution in [-0.2, 0) is 4.79 Å². The molecule has 0 heterocycles. The lowest BCUT2D eigenvalue weighted by Gasteiger charge is -2.27. The molecular formula is C18H26F3NO4. The largest absolute Gasteiger partial charge is 0.396 e. The van der Waals surface area contributed by atoms with E-state index >= 15 is 0 Å². The summed E-state index contributed by atoms with van der Waals surface area (Å²) in [4.78, 5) is 23.8. The normalized spacial score (nSPS) is 13.5. The Hall–Kier alpha value is -1.93. The van der Waals surface area contributed by atoms with Crippen molar-refractivity contribution in [2.24, 2.45) is 11.3 Å². The Kier molecular flexibility index (Phi) is 8.96. The van der Waals surface area contributed by atoms with Gasteiger partial charge in [0.15, 0.2) is 17.4 Å². The summed E-state index contributed by atoms with van der Waals surface area (Å²) in [5, 5.41) is 21.4. The molecule has 26 heavy (non-hydrogen) atoms. The number of hydrogen-bond donors (Lipinski definition) is 3. The fraction of sp³-hybridized carbons (Fsp3) is 0.556. The second-order valence-electron chi connectivity index (χ2n) is 6.77. The lowest BCUT2D eigenvalue weighted by molar-refractivity contribution is -0.137. The summed E-state index contributed by atoms with van der Waals surface area (Å²) in [6.07, 6.45) is -1.65. The molecule has 0 radical (unpaired) electrons. The SMILES string of the molecule is C.C[C@H](CNC(=O)[C@H](O)C(C)(C)CO)CC(=O)c1cc(F)c(F)cc1F. The van der Waals surface area contributed by atoms with Gasteiger partial charge in [0.1, 0.15) is 11.9 Å². The average molecular weight is 377 g/mol. The van der Waals surface area contributed by atoms with E-state index in [4.69, 9.17) is 5.11 Å². The average Bonchev–Trinajstić information content (AvgIpc) is 2.54. The molecule has 148 valence electrons. The number of hydrogen-bond acceptors (Lipinski definition) is 4. The van der Waals surface area contributed by atoms with Crippen LogP contribution in [0.4, 0.5) is 13.2 Å². The first kappa shape index (κ1) is 24.1. The molecule has 1 rings (SSSR count). The summed E-state index contributed by atoms with van der Waals surface area (Å²) >= 11 is 0. The molecule has 3 N–H and O–H groups in total. The number of benzene rings is 1. The monoisotopic (exact) mass is 377 g/mol. The summed E-state index contributed by atoms with van der Waals surface area (Å²) in [7, 11) is 0. The van der Waals surface area contributed by atoms with Crippen LogP contribution in [0.2, 0.25) is 0 Å². The molecule has 0 aliphatic rings. The van der Waals surface area contributed by atoms with E-state index in [1.54, 1.807) is 6.92 Å². The molecule has 1 aromatic rings. The van der Waals surface area contributed by atoms with E-state index in [2.05, 4.69) is 5.32 Å². The fourth-order valence-electron chi connectivity index (χ4n) is 2.05. The third kappa shape index (κ3) is 6.10. The van der Waals surface area contributed by atoms with Crippen LogP contribution in [-0.4, -0.2) is 41.2 Å². The number of halogens is 3. The van der Waals surface area contributed by atoms with E-state index in [9.17, 15) is 27.9 Å². The van der Waals surface area contributed by atoms with E-state index in [1.165, 1.54) is 13.8 Å². The zero-order valence-electron chi connectivity index (χ0n) is 14.3. The van der Waals surface area contributed by atoms with E-state index in [-0.39, 0.29) is 20.4 Å². The summed E-state index contributed by atoms with van der Waals surface area (Å²) in [5.74, 6) is -5.73. The predicted molar refractivity (Wildman–Crippen MR) is 91.0 cm³/mol. The van der Waals surface area contributed by atoms with E-state index in [0.717, 1.165) is 0 Å². The van der Waals surface area contributed by atoms with Crippen molar-refractivity contribution in [3.8, 4) is 0 Å². The summed E-state index contributed by atoms with van der Waals surface area (Å²) < 4.78 is 39.6. The number of Topliss-reactive ketones (excluding diaryl/α,β-unsaturated/α-hetero) is 1. The smallest absolute Gasteiger partial charge is 0.249 e. The highest BCUT2D eigenvalue weighted by atomic mass is 19.2. The highest BCUT2D eigenvalue weighted by Gasteiger charge is 2.33. The van der Waals surface area contributed by atoms with Gasteiger partial charge < -0.3 is 15.5 Å². The topological polar surface area (TPSA) is 86.6 Å². The van der Waals surface area contributed by atoms with Gasteiger partial charge in [-0.25, -0.2) is 13.2 Å². The van der Waals surface area contributed by atoms with Gasteiger partial charge in [0.25, 0.3) is 0 Å².